The molecule has 0 amide bonds. The molecular formula is C21H28N4O2. The summed E-state index contributed by atoms with van der Waals surface area (Å²) in [5.74, 6) is 2.01. The average Bonchev–Trinajstić information content (AvgIpc) is 3.03. The van der Waals surface area contributed by atoms with Gasteiger partial charge in [0.15, 0.2) is 0 Å². The second kappa shape index (κ2) is 7.72. The van der Waals surface area contributed by atoms with E-state index in [0.717, 1.165) is 38.3 Å². The maximum Gasteiger partial charge on any atom is 0.254 e. The minimum absolute atomic E-state index is 0.0906. The lowest BCUT2D eigenvalue weighted by molar-refractivity contribution is 0.0529. The molecule has 0 aliphatic carbocycles. The molecule has 3 atom stereocenters. The van der Waals surface area contributed by atoms with E-state index >= 15 is 0 Å². The lowest BCUT2D eigenvalue weighted by atomic mass is 9.96. The molecule has 0 radical (unpaired) electrons. The van der Waals surface area contributed by atoms with E-state index in [-0.39, 0.29) is 11.7 Å². The van der Waals surface area contributed by atoms with Gasteiger partial charge in [0.25, 0.3) is 5.56 Å². The number of aromatic amines is 1. The lowest BCUT2D eigenvalue weighted by Crippen LogP contribution is -2.42. The Morgan fingerprint density at radius 2 is 2.04 bits per heavy atom. The summed E-state index contributed by atoms with van der Waals surface area (Å²) in [7, 11) is 0. The fraction of sp³-hybridized carbons (Fsp3) is 0.524. The van der Waals surface area contributed by atoms with E-state index in [1.807, 2.05) is 6.07 Å². The fourth-order valence-electron chi connectivity index (χ4n) is 4.19. The summed E-state index contributed by atoms with van der Waals surface area (Å²) in [4.78, 5) is 24.6. The van der Waals surface area contributed by atoms with Crippen molar-refractivity contribution in [1.82, 2.24) is 9.97 Å². The zero-order valence-corrected chi connectivity index (χ0v) is 16.1. The van der Waals surface area contributed by atoms with Crippen molar-refractivity contribution in [2.75, 3.05) is 36.0 Å². The van der Waals surface area contributed by atoms with Crippen LogP contribution in [-0.2, 0) is 11.2 Å². The van der Waals surface area contributed by atoms with Gasteiger partial charge in [-0.3, -0.25) is 9.78 Å². The van der Waals surface area contributed by atoms with Gasteiger partial charge in [-0.05, 0) is 31.2 Å². The van der Waals surface area contributed by atoms with E-state index in [4.69, 9.17) is 9.72 Å². The maximum atomic E-state index is 12.4. The highest BCUT2D eigenvalue weighted by Gasteiger charge is 2.33. The van der Waals surface area contributed by atoms with Crippen LogP contribution in [0.5, 0.6) is 0 Å². The van der Waals surface area contributed by atoms with Crippen LogP contribution in [0.2, 0.25) is 0 Å². The first-order chi connectivity index (χ1) is 13.1. The number of benzene rings is 1. The Hall–Kier alpha value is -2.34. The summed E-state index contributed by atoms with van der Waals surface area (Å²) in [6.45, 7) is 7.47. The zero-order chi connectivity index (χ0) is 18.8. The number of hydrogen-bond acceptors (Lipinski definition) is 5. The molecule has 0 bridgehead atoms. The highest BCUT2D eigenvalue weighted by molar-refractivity contribution is 5.46. The number of rotatable bonds is 4. The van der Waals surface area contributed by atoms with E-state index in [2.05, 4.69) is 52.9 Å². The summed E-state index contributed by atoms with van der Waals surface area (Å²) in [5.41, 5.74) is 1.23. The number of ether oxygens (including phenoxy) is 1. The molecule has 6 nitrogen and oxygen atoms in total. The molecule has 1 N–H and O–H groups in total. The molecule has 2 aromatic rings. The number of nitrogens with zero attached hydrogens (tertiary/aromatic N) is 3. The smallest absolute Gasteiger partial charge is 0.254 e. The largest absolute Gasteiger partial charge is 0.375 e. The van der Waals surface area contributed by atoms with Crippen LogP contribution in [0.15, 0.2) is 41.2 Å². The van der Waals surface area contributed by atoms with Gasteiger partial charge in [0.1, 0.15) is 5.82 Å². The molecule has 0 saturated carbocycles. The van der Waals surface area contributed by atoms with E-state index in [9.17, 15) is 4.79 Å². The van der Waals surface area contributed by atoms with Crippen molar-refractivity contribution in [3.8, 4) is 0 Å². The SMILES string of the molecule is C[C@@H]1CN(c2cc(=O)[nH]c(N3CC[C@@H](C)[C@@H]3Cc3ccccc3)n2)CCO1. The molecule has 27 heavy (non-hydrogen) atoms. The second-order valence-corrected chi connectivity index (χ2v) is 7.77. The minimum Gasteiger partial charge on any atom is -0.375 e. The van der Waals surface area contributed by atoms with E-state index in [1.165, 1.54) is 5.56 Å². The topological polar surface area (TPSA) is 61.5 Å². The molecule has 1 aromatic carbocycles. The van der Waals surface area contributed by atoms with Crippen LogP contribution >= 0.6 is 0 Å². The predicted octanol–water partition coefficient (Wildman–Crippen LogP) is 2.45. The Kier molecular flexibility index (Phi) is 5.16. The molecule has 2 fully saturated rings. The predicted molar refractivity (Wildman–Crippen MR) is 108 cm³/mol. The highest BCUT2D eigenvalue weighted by Crippen LogP contribution is 2.30. The number of aromatic nitrogens is 2. The molecule has 1 aromatic heterocycles. The Morgan fingerprint density at radius 1 is 1.22 bits per heavy atom. The molecule has 2 saturated heterocycles. The summed E-state index contributed by atoms with van der Waals surface area (Å²) in [5, 5.41) is 0. The van der Waals surface area contributed by atoms with Gasteiger partial charge in [-0.2, -0.15) is 4.98 Å². The molecule has 0 spiro atoms. The van der Waals surface area contributed by atoms with Crippen LogP contribution in [0.25, 0.3) is 0 Å². The monoisotopic (exact) mass is 368 g/mol. The van der Waals surface area contributed by atoms with Crippen molar-refractivity contribution in [2.24, 2.45) is 5.92 Å². The number of morpholine rings is 1. The Balaban J connectivity index is 1.60. The molecule has 144 valence electrons. The van der Waals surface area contributed by atoms with Crippen LogP contribution < -0.4 is 15.4 Å². The number of anilines is 2. The van der Waals surface area contributed by atoms with Crippen molar-refractivity contribution in [2.45, 2.75) is 38.8 Å². The van der Waals surface area contributed by atoms with E-state index < -0.39 is 0 Å². The second-order valence-electron chi connectivity index (χ2n) is 7.77. The average molecular weight is 368 g/mol. The third kappa shape index (κ3) is 4.00. The third-order valence-electron chi connectivity index (χ3n) is 5.72. The first-order valence-electron chi connectivity index (χ1n) is 9.88. The van der Waals surface area contributed by atoms with Crippen LogP contribution in [0, 0.1) is 5.92 Å². The Labute approximate surface area is 160 Å². The lowest BCUT2D eigenvalue weighted by Gasteiger charge is -2.33. The van der Waals surface area contributed by atoms with Crippen molar-refractivity contribution < 1.29 is 4.74 Å². The van der Waals surface area contributed by atoms with Crippen molar-refractivity contribution in [3.05, 3.63) is 52.3 Å². The number of nitrogens with one attached hydrogen (secondary N) is 1. The van der Waals surface area contributed by atoms with Gasteiger partial charge in [0, 0.05) is 31.7 Å². The van der Waals surface area contributed by atoms with Gasteiger partial charge < -0.3 is 14.5 Å². The van der Waals surface area contributed by atoms with Gasteiger partial charge in [-0.25, -0.2) is 0 Å². The first-order valence-corrected chi connectivity index (χ1v) is 9.88. The van der Waals surface area contributed by atoms with Gasteiger partial charge in [0.05, 0.1) is 12.7 Å². The van der Waals surface area contributed by atoms with E-state index in [1.54, 1.807) is 6.07 Å². The number of H-pyrrole nitrogens is 1. The van der Waals surface area contributed by atoms with Gasteiger partial charge in [-0.15, -0.1) is 0 Å². The van der Waals surface area contributed by atoms with Gasteiger partial charge in [0.2, 0.25) is 5.95 Å². The highest BCUT2D eigenvalue weighted by atomic mass is 16.5. The summed E-state index contributed by atoms with van der Waals surface area (Å²) in [6.07, 6.45) is 2.23. The normalized spacial score (nSPS) is 25.8. The molecule has 6 heteroatoms. The summed E-state index contributed by atoms with van der Waals surface area (Å²) >= 11 is 0. The molecular weight excluding hydrogens is 340 g/mol. The van der Waals surface area contributed by atoms with Crippen LogP contribution in [0.3, 0.4) is 0 Å². The Bertz CT molecular complexity index is 822. The number of hydrogen-bond donors (Lipinski definition) is 1. The molecule has 4 rings (SSSR count). The fourth-order valence-corrected chi connectivity index (χ4v) is 4.19. The minimum atomic E-state index is -0.0906. The van der Waals surface area contributed by atoms with E-state index in [0.29, 0.717) is 24.5 Å². The Morgan fingerprint density at radius 3 is 2.81 bits per heavy atom. The van der Waals surface area contributed by atoms with Crippen molar-refractivity contribution in [3.63, 3.8) is 0 Å². The quantitative estimate of drug-likeness (QED) is 0.898. The van der Waals surface area contributed by atoms with Crippen molar-refractivity contribution in [1.29, 1.82) is 0 Å². The zero-order valence-electron chi connectivity index (χ0n) is 16.1. The third-order valence-corrected chi connectivity index (χ3v) is 5.72. The van der Waals surface area contributed by atoms with Crippen LogP contribution in [0.4, 0.5) is 11.8 Å². The first kappa shape index (κ1) is 18.0. The maximum absolute atomic E-state index is 12.4. The van der Waals surface area contributed by atoms with Crippen LogP contribution in [-0.4, -0.2) is 48.4 Å². The van der Waals surface area contributed by atoms with Gasteiger partial charge >= 0.3 is 0 Å². The van der Waals surface area contributed by atoms with Crippen molar-refractivity contribution >= 4 is 11.8 Å². The standard InChI is InChI=1S/C21H28N4O2/c1-15-8-9-25(18(15)12-17-6-4-3-5-7-17)21-22-19(13-20(26)23-21)24-10-11-27-16(2)14-24/h3-7,13,15-16,18H,8-12,14H2,1-2H3,(H,22,23,26)/t15-,16-,18+/m1/s1. The van der Waals surface area contributed by atoms with Gasteiger partial charge in [-0.1, -0.05) is 37.3 Å². The molecule has 2 aliphatic rings. The van der Waals surface area contributed by atoms with Crippen LogP contribution in [0.1, 0.15) is 25.8 Å². The molecule has 3 heterocycles. The summed E-state index contributed by atoms with van der Waals surface area (Å²) < 4.78 is 5.62. The molecule has 2 aliphatic heterocycles. The molecule has 0 unspecified atom stereocenters. The summed E-state index contributed by atoms with van der Waals surface area (Å²) in [6, 6.07) is 12.5.